The summed E-state index contributed by atoms with van der Waals surface area (Å²) >= 11 is 0. The first-order chi connectivity index (χ1) is 8.38. The minimum Gasteiger partial charge on any atom is -0.493 e. The number of benzene rings is 1. The van der Waals surface area contributed by atoms with Gasteiger partial charge in [0.25, 0.3) is 0 Å². The van der Waals surface area contributed by atoms with E-state index in [9.17, 15) is 0 Å². The fraction of sp³-hybridized carbons (Fsp3) is 0.571. The molecule has 1 aliphatic carbocycles. The molecule has 17 heavy (non-hydrogen) atoms. The molecule has 3 rings (SSSR count). The zero-order valence-electron chi connectivity index (χ0n) is 10.3. The molecule has 1 saturated heterocycles. The van der Waals surface area contributed by atoms with Crippen LogP contribution in [-0.2, 0) is 12.8 Å². The third kappa shape index (κ3) is 2.00. The predicted molar refractivity (Wildman–Crippen MR) is 66.9 cm³/mol. The molecule has 0 spiro atoms. The van der Waals surface area contributed by atoms with Crippen LogP contribution in [-0.4, -0.2) is 26.3 Å². The Balaban J connectivity index is 1.92. The Morgan fingerprint density at radius 1 is 1.29 bits per heavy atom. The number of ether oxygens (including phenoxy) is 2. The molecule has 0 amide bonds. The highest BCUT2D eigenvalue weighted by Gasteiger charge is 2.23. The van der Waals surface area contributed by atoms with Gasteiger partial charge >= 0.3 is 0 Å². The van der Waals surface area contributed by atoms with E-state index < -0.39 is 0 Å². The van der Waals surface area contributed by atoms with Gasteiger partial charge in [0.15, 0.2) is 11.5 Å². The normalized spacial score (nSPS) is 22.5. The molecule has 1 fully saturated rings. The summed E-state index contributed by atoms with van der Waals surface area (Å²) in [7, 11) is 1.72. The van der Waals surface area contributed by atoms with Crippen LogP contribution in [0.2, 0.25) is 0 Å². The summed E-state index contributed by atoms with van der Waals surface area (Å²) < 4.78 is 11.6. The molecule has 1 aromatic rings. The largest absolute Gasteiger partial charge is 0.493 e. The fourth-order valence-electron chi connectivity index (χ4n) is 2.80. The van der Waals surface area contributed by atoms with Crippen molar-refractivity contribution < 1.29 is 9.47 Å². The molecule has 0 aromatic heterocycles. The van der Waals surface area contributed by atoms with Gasteiger partial charge in [-0.3, -0.25) is 0 Å². The van der Waals surface area contributed by atoms with E-state index in [2.05, 4.69) is 11.4 Å². The zero-order valence-corrected chi connectivity index (χ0v) is 10.3. The van der Waals surface area contributed by atoms with Crippen LogP contribution in [0.4, 0.5) is 0 Å². The average molecular weight is 233 g/mol. The smallest absolute Gasteiger partial charge is 0.165 e. The summed E-state index contributed by atoms with van der Waals surface area (Å²) in [5.74, 6) is 1.88. The minimum absolute atomic E-state index is 0.302. The topological polar surface area (TPSA) is 30.5 Å². The molecular formula is C14H19NO2. The van der Waals surface area contributed by atoms with E-state index in [1.807, 2.05) is 6.07 Å². The van der Waals surface area contributed by atoms with Crippen molar-refractivity contribution >= 4 is 0 Å². The maximum absolute atomic E-state index is 6.15. The van der Waals surface area contributed by atoms with Gasteiger partial charge in [-0.1, -0.05) is 6.07 Å². The van der Waals surface area contributed by atoms with Crippen LogP contribution in [0, 0.1) is 0 Å². The second kappa shape index (κ2) is 4.57. The second-order valence-corrected chi connectivity index (χ2v) is 4.82. The number of hydrogen-bond donors (Lipinski definition) is 1. The van der Waals surface area contributed by atoms with Gasteiger partial charge in [-0.05, 0) is 43.9 Å². The molecule has 1 aliphatic heterocycles. The Morgan fingerprint density at radius 2 is 2.24 bits per heavy atom. The fourth-order valence-corrected chi connectivity index (χ4v) is 2.80. The Morgan fingerprint density at radius 3 is 3.00 bits per heavy atom. The number of methoxy groups -OCH3 is 1. The van der Waals surface area contributed by atoms with Gasteiger partial charge in [-0.2, -0.15) is 0 Å². The highest BCUT2D eigenvalue weighted by Crippen LogP contribution is 2.39. The lowest BCUT2D eigenvalue weighted by Gasteiger charge is -2.18. The summed E-state index contributed by atoms with van der Waals surface area (Å²) in [5, 5.41) is 3.33. The lowest BCUT2D eigenvalue weighted by atomic mass is 10.1. The van der Waals surface area contributed by atoms with Crippen molar-refractivity contribution in [2.75, 3.05) is 20.2 Å². The molecular weight excluding hydrogens is 214 g/mol. The summed E-state index contributed by atoms with van der Waals surface area (Å²) in [6.45, 7) is 2.01. The number of nitrogens with one attached hydrogen (secondary N) is 1. The molecule has 0 unspecified atom stereocenters. The van der Waals surface area contributed by atoms with Crippen molar-refractivity contribution in [1.82, 2.24) is 5.32 Å². The number of rotatable bonds is 3. The second-order valence-electron chi connectivity index (χ2n) is 4.82. The first-order valence-corrected chi connectivity index (χ1v) is 6.44. The van der Waals surface area contributed by atoms with Crippen LogP contribution in [0.3, 0.4) is 0 Å². The van der Waals surface area contributed by atoms with E-state index in [0.717, 1.165) is 37.4 Å². The predicted octanol–water partition coefficient (Wildman–Crippen LogP) is 1.92. The van der Waals surface area contributed by atoms with Crippen LogP contribution in [0.5, 0.6) is 11.5 Å². The standard InChI is InChI=1S/C14H19NO2/c1-16-13-6-5-10-3-2-4-12(10)14(13)17-11-7-8-15-9-11/h5-6,11,15H,2-4,7-9H2,1H3/t11-/m0/s1. The monoisotopic (exact) mass is 233 g/mol. The maximum atomic E-state index is 6.15. The van der Waals surface area contributed by atoms with E-state index in [0.29, 0.717) is 6.10 Å². The van der Waals surface area contributed by atoms with Gasteiger partial charge < -0.3 is 14.8 Å². The summed E-state index contributed by atoms with van der Waals surface area (Å²) in [5.41, 5.74) is 2.81. The van der Waals surface area contributed by atoms with Crippen molar-refractivity contribution in [2.24, 2.45) is 0 Å². The lowest BCUT2D eigenvalue weighted by Crippen LogP contribution is -2.20. The molecule has 2 aliphatic rings. The molecule has 92 valence electrons. The number of fused-ring (bicyclic) bond motifs is 1. The number of hydrogen-bond acceptors (Lipinski definition) is 3. The van der Waals surface area contributed by atoms with Gasteiger partial charge in [-0.15, -0.1) is 0 Å². The molecule has 1 atom stereocenters. The Hall–Kier alpha value is -1.22. The SMILES string of the molecule is COc1ccc2c(c1O[C@H]1CCNC1)CCC2. The van der Waals surface area contributed by atoms with Gasteiger partial charge in [0.1, 0.15) is 6.10 Å². The lowest BCUT2D eigenvalue weighted by molar-refractivity contribution is 0.210. The molecule has 1 N–H and O–H groups in total. The third-order valence-electron chi connectivity index (χ3n) is 3.71. The maximum Gasteiger partial charge on any atom is 0.165 e. The van der Waals surface area contributed by atoms with Crippen molar-refractivity contribution in [3.05, 3.63) is 23.3 Å². The van der Waals surface area contributed by atoms with E-state index in [1.54, 1.807) is 7.11 Å². The van der Waals surface area contributed by atoms with E-state index in [4.69, 9.17) is 9.47 Å². The first-order valence-electron chi connectivity index (χ1n) is 6.44. The average Bonchev–Trinajstić information content (AvgIpc) is 2.99. The molecule has 0 bridgehead atoms. The van der Waals surface area contributed by atoms with Gasteiger partial charge in [0.05, 0.1) is 7.11 Å². The molecule has 0 saturated carbocycles. The Kier molecular flexibility index (Phi) is 2.93. The van der Waals surface area contributed by atoms with Gasteiger partial charge in [-0.25, -0.2) is 0 Å². The first kappa shape index (κ1) is 10.9. The van der Waals surface area contributed by atoms with Crippen LogP contribution < -0.4 is 14.8 Å². The summed E-state index contributed by atoms with van der Waals surface area (Å²) in [6, 6.07) is 4.22. The molecule has 3 heteroatoms. The Labute approximate surface area is 102 Å². The molecule has 1 aromatic carbocycles. The molecule has 0 radical (unpaired) electrons. The number of aryl methyl sites for hydroxylation is 1. The van der Waals surface area contributed by atoms with Crippen molar-refractivity contribution in [3.63, 3.8) is 0 Å². The quantitative estimate of drug-likeness (QED) is 0.865. The summed E-state index contributed by atoms with van der Waals surface area (Å²) in [4.78, 5) is 0. The highest BCUT2D eigenvalue weighted by atomic mass is 16.5. The minimum atomic E-state index is 0.302. The van der Waals surface area contributed by atoms with Crippen molar-refractivity contribution in [3.8, 4) is 11.5 Å². The molecule has 1 heterocycles. The van der Waals surface area contributed by atoms with Crippen molar-refractivity contribution in [1.29, 1.82) is 0 Å². The highest BCUT2D eigenvalue weighted by molar-refractivity contribution is 5.52. The van der Waals surface area contributed by atoms with E-state index in [-0.39, 0.29) is 0 Å². The van der Waals surface area contributed by atoms with E-state index in [1.165, 1.54) is 24.0 Å². The zero-order chi connectivity index (χ0) is 11.7. The van der Waals surface area contributed by atoms with Crippen LogP contribution >= 0.6 is 0 Å². The summed E-state index contributed by atoms with van der Waals surface area (Å²) in [6.07, 6.45) is 4.94. The van der Waals surface area contributed by atoms with Crippen LogP contribution in [0.1, 0.15) is 24.0 Å². The third-order valence-corrected chi connectivity index (χ3v) is 3.71. The van der Waals surface area contributed by atoms with Crippen molar-refractivity contribution in [2.45, 2.75) is 31.8 Å². The van der Waals surface area contributed by atoms with Crippen LogP contribution in [0.25, 0.3) is 0 Å². The van der Waals surface area contributed by atoms with Crippen LogP contribution in [0.15, 0.2) is 12.1 Å². The molecule has 3 nitrogen and oxygen atoms in total. The Bertz CT molecular complexity index is 411. The van der Waals surface area contributed by atoms with Gasteiger partial charge in [0, 0.05) is 12.1 Å². The van der Waals surface area contributed by atoms with Gasteiger partial charge in [0.2, 0.25) is 0 Å². The van der Waals surface area contributed by atoms with E-state index >= 15 is 0 Å².